The second-order valence-corrected chi connectivity index (χ2v) is 6.40. The molecule has 2 nitrogen and oxygen atoms in total. The van der Waals surface area contributed by atoms with Crippen molar-refractivity contribution < 1.29 is 0 Å². The molecule has 1 aromatic carbocycles. The number of alkyl halides is 1. The first kappa shape index (κ1) is 13.9. The van der Waals surface area contributed by atoms with Crippen LogP contribution in [0.5, 0.6) is 0 Å². The molecule has 108 valence electrons. The van der Waals surface area contributed by atoms with E-state index in [9.17, 15) is 0 Å². The molecule has 20 heavy (non-hydrogen) atoms. The van der Waals surface area contributed by atoms with Crippen molar-refractivity contribution in [2.75, 3.05) is 5.88 Å². The van der Waals surface area contributed by atoms with Gasteiger partial charge in [0.2, 0.25) is 0 Å². The predicted molar refractivity (Wildman–Crippen MR) is 85.6 cm³/mol. The van der Waals surface area contributed by atoms with E-state index in [4.69, 9.17) is 16.6 Å². The molecular formula is C17H23ClN2. The maximum absolute atomic E-state index is 5.99. The Morgan fingerprint density at radius 2 is 2.20 bits per heavy atom. The van der Waals surface area contributed by atoms with Crippen molar-refractivity contribution in [3.63, 3.8) is 0 Å². The van der Waals surface area contributed by atoms with Crippen molar-refractivity contribution >= 4 is 22.6 Å². The van der Waals surface area contributed by atoms with E-state index in [1.807, 2.05) is 0 Å². The molecule has 3 rings (SSSR count). The van der Waals surface area contributed by atoms with Gasteiger partial charge in [0, 0.05) is 18.3 Å². The van der Waals surface area contributed by atoms with Crippen molar-refractivity contribution in [3.05, 3.63) is 29.6 Å². The summed E-state index contributed by atoms with van der Waals surface area (Å²) in [6.45, 7) is 4.44. The molecule has 0 aliphatic heterocycles. The van der Waals surface area contributed by atoms with E-state index in [0.717, 1.165) is 23.7 Å². The summed E-state index contributed by atoms with van der Waals surface area (Å²) < 4.78 is 2.48. The van der Waals surface area contributed by atoms with Gasteiger partial charge in [0.1, 0.15) is 5.82 Å². The molecule has 0 amide bonds. The zero-order valence-electron chi connectivity index (χ0n) is 12.4. The van der Waals surface area contributed by atoms with E-state index in [1.54, 1.807) is 0 Å². The maximum Gasteiger partial charge on any atom is 0.111 e. The quantitative estimate of drug-likeness (QED) is 0.694. The van der Waals surface area contributed by atoms with Gasteiger partial charge in [-0.3, -0.25) is 0 Å². The molecule has 1 aliphatic carbocycles. The van der Waals surface area contributed by atoms with Gasteiger partial charge in [-0.15, -0.1) is 11.6 Å². The van der Waals surface area contributed by atoms with E-state index in [0.29, 0.717) is 11.9 Å². The average Bonchev–Trinajstić information content (AvgIpc) is 3.18. The Morgan fingerprint density at radius 3 is 2.85 bits per heavy atom. The van der Waals surface area contributed by atoms with Crippen molar-refractivity contribution in [3.8, 4) is 0 Å². The minimum Gasteiger partial charge on any atom is -0.325 e. The molecule has 0 spiro atoms. The van der Waals surface area contributed by atoms with Crippen molar-refractivity contribution in [2.24, 2.45) is 5.92 Å². The number of halogens is 1. The zero-order valence-corrected chi connectivity index (χ0v) is 13.2. The van der Waals surface area contributed by atoms with E-state index in [1.165, 1.54) is 36.8 Å². The van der Waals surface area contributed by atoms with Crippen LogP contribution in [0.4, 0.5) is 0 Å². The second kappa shape index (κ2) is 5.77. The second-order valence-electron chi connectivity index (χ2n) is 6.02. The van der Waals surface area contributed by atoms with Crippen LogP contribution >= 0.6 is 11.6 Å². The maximum atomic E-state index is 5.99. The van der Waals surface area contributed by atoms with Crippen LogP contribution in [0.25, 0.3) is 11.0 Å². The number of aryl methyl sites for hydroxylation is 2. The SMILES string of the molecule is CCC(CC1CC1)n1c(CCCl)nc2c(C)cccc21. The Hall–Kier alpha value is -1.02. The van der Waals surface area contributed by atoms with Crippen LogP contribution < -0.4 is 0 Å². The molecule has 1 aromatic heterocycles. The van der Waals surface area contributed by atoms with E-state index >= 15 is 0 Å². The van der Waals surface area contributed by atoms with Crippen LogP contribution in [-0.2, 0) is 6.42 Å². The third-order valence-electron chi connectivity index (χ3n) is 4.45. The minimum absolute atomic E-state index is 0.576. The molecule has 1 unspecified atom stereocenters. The highest BCUT2D eigenvalue weighted by Gasteiger charge is 2.27. The van der Waals surface area contributed by atoms with Crippen LogP contribution in [0.2, 0.25) is 0 Å². The fourth-order valence-electron chi connectivity index (χ4n) is 3.17. The van der Waals surface area contributed by atoms with Gasteiger partial charge >= 0.3 is 0 Å². The van der Waals surface area contributed by atoms with Gasteiger partial charge in [-0.05, 0) is 37.3 Å². The van der Waals surface area contributed by atoms with Crippen LogP contribution in [0.3, 0.4) is 0 Å². The van der Waals surface area contributed by atoms with Crippen molar-refractivity contribution in [1.29, 1.82) is 0 Å². The zero-order chi connectivity index (χ0) is 14.1. The lowest BCUT2D eigenvalue weighted by molar-refractivity contribution is 0.427. The normalized spacial score (nSPS) is 16.8. The summed E-state index contributed by atoms with van der Waals surface area (Å²) in [6, 6.07) is 7.08. The molecule has 1 aliphatic rings. The summed E-state index contributed by atoms with van der Waals surface area (Å²) in [5, 5.41) is 0. The number of rotatable bonds is 6. The molecule has 0 bridgehead atoms. The lowest BCUT2D eigenvalue weighted by atomic mass is 10.1. The standard InChI is InChI=1S/C17H23ClN2/c1-3-14(11-13-7-8-13)20-15-6-4-5-12(2)17(15)19-16(20)9-10-18/h4-6,13-14H,3,7-11H2,1-2H3. The van der Waals surface area contributed by atoms with Gasteiger partial charge < -0.3 is 4.57 Å². The molecule has 0 saturated heterocycles. The van der Waals surface area contributed by atoms with Gasteiger partial charge in [0.15, 0.2) is 0 Å². The molecule has 1 fully saturated rings. The largest absolute Gasteiger partial charge is 0.325 e. The van der Waals surface area contributed by atoms with Gasteiger partial charge in [-0.25, -0.2) is 4.98 Å². The van der Waals surface area contributed by atoms with Gasteiger partial charge in [-0.2, -0.15) is 0 Å². The smallest absolute Gasteiger partial charge is 0.111 e. The third-order valence-corrected chi connectivity index (χ3v) is 4.64. The molecule has 0 radical (unpaired) electrons. The summed E-state index contributed by atoms with van der Waals surface area (Å²) in [4.78, 5) is 4.88. The highest BCUT2D eigenvalue weighted by molar-refractivity contribution is 6.17. The number of nitrogens with zero attached hydrogens (tertiary/aromatic N) is 2. The number of benzene rings is 1. The first-order chi connectivity index (χ1) is 9.74. The summed E-state index contributed by atoms with van der Waals surface area (Å²) in [5.74, 6) is 2.74. The Balaban J connectivity index is 2.09. The van der Waals surface area contributed by atoms with Gasteiger partial charge in [0.25, 0.3) is 0 Å². The number of fused-ring (bicyclic) bond motifs is 1. The summed E-state index contributed by atoms with van der Waals surface area (Å²) >= 11 is 5.99. The van der Waals surface area contributed by atoms with Crippen LogP contribution in [0.15, 0.2) is 18.2 Å². The van der Waals surface area contributed by atoms with Crippen molar-refractivity contribution in [1.82, 2.24) is 9.55 Å². The fourth-order valence-corrected chi connectivity index (χ4v) is 3.34. The van der Waals surface area contributed by atoms with Gasteiger partial charge in [-0.1, -0.05) is 31.9 Å². The summed E-state index contributed by atoms with van der Waals surface area (Å²) in [6.07, 6.45) is 6.15. The van der Waals surface area contributed by atoms with Crippen molar-refractivity contribution in [2.45, 2.75) is 52.0 Å². The predicted octanol–water partition coefficient (Wildman–Crippen LogP) is 4.88. The lowest BCUT2D eigenvalue weighted by Gasteiger charge is -2.20. The molecule has 3 heteroatoms. The summed E-state index contributed by atoms with van der Waals surface area (Å²) in [7, 11) is 0. The van der Waals surface area contributed by atoms with Crippen LogP contribution in [0.1, 0.15) is 50.0 Å². The Kier molecular flexibility index (Phi) is 4.02. The number of hydrogen-bond donors (Lipinski definition) is 0. The molecule has 1 saturated carbocycles. The highest BCUT2D eigenvalue weighted by atomic mass is 35.5. The number of hydrogen-bond acceptors (Lipinski definition) is 1. The lowest BCUT2D eigenvalue weighted by Crippen LogP contribution is -2.13. The Bertz CT molecular complexity index is 598. The Morgan fingerprint density at radius 1 is 1.40 bits per heavy atom. The molecular weight excluding hydrogens is 268 g/mol. The molecule has 0 N–H and O–H groups in total. The van der Waals surface area contributed by atoms with E-state index in [-0.39, 0.29) is 0 Å². The third kappa shape index (κ3) is 2.58. The Labute approximate surface area is 126 Å². The molecule has 2 aromatic rings. The number of para-hydroxylation sites is 1. The highest BCUT2D eigenvalue weighted by Crippen LogP contribution is 2.39. The average molecular weight is 291 g/mol. The number of imidazole rings is 1. The molecule has 1 heterocycles. The van der Waals surface area contributed by atoms with E-state index in [2.05, 4.69) is 36.6 Å². The summed E-state index contributed by atoms with van der Waals surface area (Å²) in [5.41, 5.74) is 3.71. The fraction of sp³-hybridized carbons (Fsp3) is 0.588. The van der Waals surface area contributed by atoms with E-state index < -0.39 is 0 Å². The van der Waals surface area contributed by atoms with Gasteiger partial charge in [0.05, 0.1) is 11.0 Å². The van der Waals surface area contributed by atoms with Crippen LogP contribution in [0, 0.1) is 12.8 Å². The van der Waals surface area contributed by atoms with Crippen LogP contribution in [-0.4, -0.2) is 15.4 Å². The monoisotopic (exact) mass is 290 g/mol. The first-order valence-corrected chi connectivity index (χ1v) is 8.30. The first-order valence-electron chi connectivity index (χ1n) is 7.77. The minimum atomic E-state index is 0.576. The number of aromatic nitrogens is 2. The topological polar surface area (TPSA) is 17.8 Å². The molecule has 1 atom stereocenters.